The van der Waals surface area contributed by atoms with Crippen molar-refractivity contribution in [3.8, 4) is 5.69 Å². The van der Waals surface area contributed by atoms with Crippen molar-refractivity contribution in [3.05, 3.63) is 74.6 Å². The number of benzene rings is 2. The lowest BCUT2D eigenvalue weighted by atomic mass is 10.0. The number of nitrogens with zero attached hydrogens (tertiary/aromatic N) is 1. The summed E-state index contributed by atoms with van der Waals surface area (Å²) in [5, 5.41) is 10.5. The highest BCUT2D eigenvalue weighted by Gasteiger charge is 2.16. The fourth-order valence-corrected chi connectivity index (χ4v) is 2.88. The SMILES string of the molecule is Cc1ccc2c(=O)n(-c3ccc(Br)cc3)cc(C(=O)NC(=N)N)c2c1.Cl.O. The van der Waals surface area contributed by atoms with Gasteiger partial charge in [-0.2, -0.15) is 0 Å². The van der Waals surface area contributed by atoms with E-state index < -0.39 is 11.9 Å². The number of nitrogens with two attached hydrogens (primary N) is 1. The van der Waals surface area contributed by atoms with Crippen LogP contribution in [-0.4, -0.2) is 21.9 Å². The van der Waals surface area contributed by atoms with E-state index in [0.717, 1.165) is 10.0 Å². The molecule has 7 nitrogen and oxygen atoms in total. The zero-order chi connectivity index (χ0) is 18.1. The number of hydrogen-bond donors (Lipinski definition) is 3. The summed E-state index contributed by atoms with van der Waals surface area (Å²) >= 11 is 3.36. The maximum atomic E-state index is 12.9. The molecule has 0 radical (unpaired) electrons. The van der Waals surface area contributed by atoms with Crippen LogP contribution >= 0.6 is 28.3 Å². The number of pyridine rings is 1. The van der Waals surface area contributed by atoms with Crippen LogP contribution in [0.3, 0.4) is 0 Å². The first-order valence-corrected chi connectivity index (χ1v) is 8.23. The second kappa shape index (κ2) is 8.81. The Morgan fingerprint density at radius 3 is 2.37 bits per heavy atom. The number of aryl methyl sites for hydroxylation is 1. The van der Waals surface area contributed by atoms with Crippen molar-refractivity contribution in [2.24, 2.45) is 5.73 Å². The Kier molecular flexibility index (Phi) is 7.29. The molecule has 3 aromatic rings. The van der Waals surface area contributed by atoms with Crippen LogP contribution in [0.15, 0.2) is 57.9 Å². The maximum Gasteiger partial charge on any atom is 0.262 e. The average Bonchev–Trinajstić information content (AvgIpc) is 2.55. The largest absolute Gasteiger partial charge is 0.412 e. The van der Waals surface area contributed by atoms with Crippen LogP contribution in [0, 0.1) is 12.3 Å². The van der Waals surface area contributed by atoms with Gasteiger partial charge >= 0.3 is 0 Å². The van der Waals surface area contributed by atoms with Crippen molar-refractivity contribution < 1.29 is 10.3 Å². The maximum absolute atomic E-state index is 12.9. The van der Waals surface area contributed by atoms with E-state index in [1.54, 1.807) is 24.3 Å². The number of carbonyl (C=O) groups excluding carboxylic acids is 1. The summed E-state index contributed by atoms with van der Waals surface area (Å²) in [6.07, 6.45) is 1.48. The number of hydrogen-bond acceptors (Lipinski definition) is 3. The van der Waals surface area contributed by atoms with Gasteiger partial charge in [-0.05, 0) is 37.3 Å². The molecule has 2 aromatic carbocycles. The second-order valence-corrected chi connectivity index (χ2v) is 6.53. The van der Waals surface area contributed by atoms with Gasteiger partial charge in [0.2, 0.25) is 0 Å². The zero-order valence-electron chi connectivity index (χ0n) is 14.2. The predicted molar refractivity (Wildman–Crippen MR) is 112 cm³/mol. The molecule has 27 heavy (non-hydrogen) atoms. The summed E-state index contributed by atoms with van der Waals surface area (Å²) in [6.45, 7) is 1.88. The highest BCUT2D eigenvalue weighted by molar-refractivity contribution is 9.10. The Morgan fingerprint density at radius 1 is 1.15 bits per heavy atom. The molecule has 0 aliphatic carbocycles. The number of carbonyl (C=O) groups is 1. The quantitative estimate of drug-likeness (QED) is 0.406. The van der Waals surface area contributed by atoms with Crippen LogP contribution in [0.4, 0.5) is 0 Å². The van der Waals surface area contributed by atoms with Gasteiger partial charge in [-0.3, -0.25) is 24.9 Å². The Labute approximate surface area is 169 Å². The molecule has 142 valence electrons. The average molecular weight is 454 g/mol. The monoisotopic (exact) mass is 452 g/mol. The van der Waals surface area contributed by atoms with E-state index >= 15 is 0 Å². The number of rotatable bonds is 2. The molecule has 1 amide bonds. The van der Waals surface area contributed by atoms with E-state index in [4.69, 9.17) is 11.1 Å². The first-order valence-electron chi connectivity index (χ1n) is 7.44. The number of aromatic nitrogens is 1. The van der Waals surface area contributed by atoms with Gasteiger partial charge in [0.25, 0.3) is 11.5 Å². The Morgan fingerprint density at radius 2 is 1.78 bits per heavy atom. The van der Waals surface area contributed by atoms with E-state index in [0.29, 0.717) is 16.5 Å². The van der Waals surface area contributed by atoms with Gasteiger partial charge in [0.15, 0.2) is 5.96 Å². The minimum Gasteiger partial charge on any atom is -0.412 e. The van der Waals surface area contributed by atoms with Gasteiger partial charge < -0.3 is 11.2 Å². The zero-order valence-corrected chi connectivity index (χ0v) is 16.6. The Bertz CT molecular complexity index is 1060. The molecule has 0 saturated carbocycles. The second-order valence-electron chi connectivity index (χ2n) is 5.61. The van der Waals surface area contributed by atoms with Crippen molar-refractivity contribution in [1.82, 2.24) is 9.88 Å². The standard InChI is InChI=1S/C18H15BrN4O2.ClH.H2O/c1-10-2-7-13-14(8-10)15(16(24)22-18(20)21)9-23(17(13)25)12-5-3-11(19)4-6-12;;/h2-9H,1H3,(H4,20,21,22,24);1H;1H2. The molecular formula is C18H18BrClN4O3. The van der Waals surface area contributed by atoms with Gasteiger partial charge in [-0.1, -0.05) is 33.6 Å². The number of nitrogens with one attached hydrogen (secondary N) is 2. The molecule has 0 aliphatic rings. The molecular weight excluding hydrogens is 436 g/mol. The topological polar surface area (TPSA) is 132 Å². The number of amides is 1. The molecule has 1 heterocycles. The minimum atomic E-state index is -0.533. The molecule has 0 atom stereocenters. The molecule has 0 fully saturated rings. The van der Waals surface area contributed by atoms with Crippen LogP contribution in [0.5, 0.6) is 0 Å². The van der Waals surface area contributed by atoms with Gasteiger partial charge in [0, 0.05) is 27.1 Å². The highest BCUT2D eigenvalue weighted by Crippen LogP contribution is 2.20. The van der Waals surface area contributed by atoms with E-state index in [1.807, 2.05) is 25.1 Å². The van der Waals surface area contributed by atoms with Crippen molar-refractivity contribution in [2.75, 3.05) is 0 Å². The molecule has 0 unspecified atom stereocenters. The van der Waals surface area contributed by atoms with Crippen molar-refractivity contribution in [1.29, 1.82) is 5.41 Å². The van der Waals surface area contributed by atoms with Crippen molar-refractivity contribution in [3.63, 3.8) is 0 Å². The van der Waals surface area contributed by atoms with E-state index in [1.165, 1.54) is 10.8 Å². The molecule has 0 saturated heterocycles. The third kappa shape index (κ3) is 4.54. The lowest BCUT2D eigenvalue weighted by molar-refractivity contribution is 0.0977. The smallest absolute Gasteiger partial charge is 0.262 e. The van der Waals surface area contributed by atoms with Crippen LogP contribution < -0.4 is 16.6 Å². The van der Waals surface area contributed by atoms with Gasteiger partial charge in [0.1, 0.15) is 0 Å². The number of fused-ring (bicyclic) bond motifs is 1. The summed E-state index contributed by atoms with van der Waals surface area (Å²) in [4.78, 5) is 25.3. The summed E-state index contributed by atoms with van der Waals surface area (Å²) in [5.41, 5.74) is 6.88. The first-order chi connectivity index (χ1) is 11.9. The molecule has 0 spiro atoms. The lowest BCUT2D eigenvalue weighted by Crippen LogP contribution is -2.36. The summed E-state index contributed by atoms with van der Waals surface area (Å²) in [5.74, 6) is -0.985. The molecule has 3 rings (SSSR count). The highest BCUT2D eigenvalue weighted by atomic mass is 79.9. The first kappa shape index (κ1) is 22.4. The van der Waals surface area contributed by atoms with E-state index in [-0.39, 0.29) is 29.0 Å². The third-order valence-corrected chi connectivity index (χ3v) is 4.30. The number of halogens is 2. The van der Waals surface area contributed by atoms with Crippen LogP contribution in [0.1, 0.15) is 15.9 Å². The molecule has 6 N–H and O–H groups in total. The molecule has 0 bridgehead atoms. The van der Waals surface area contributed by atoms with E-state index in [2.05, 4.69) is 21.2 Å². The fourth-order valence-electron chi connectivity index (χ4n) is 2.62. The van der Waals surface area contributed by atoms with Gasteiger partial charge in [-0.25, -0.2) is 0 Å². The normalized spacial score (nSPS) is 9.85. The van der Waals surface area contributed by atoms with Gasteiger partial charge in [-0.15, -0.1) is 12.4 Å². The summed E-state index contributed by atoms with van der Waals surface area (Å²) in [6, 6.07) is 12.5. The van der Waals surface area contributed by atoms with Gasteiger partial charge in [0.05, 0.1) is 5.56 Å². The third-order valence-electron chi connectivity index (χ3n) is 3.77. The Balaban J connectivity index is 0.00000182. The summed E-state index contributed by atoms with van der Waals surface area (Å²) in [7, 11) is 0. The summed E-state index contributed by atoms with van der Waals surface area (Å²) < 4.78 is 2.30. The van der Waals surface area contributed by atoms with Crippen LogP contribution in [-0.2, 0) is 0 Å². The predicted octanol–water partition coefficient (Wildman–Crippen LogP) is 2.28. The van der Waals surface area contributed by atoms with Crippen LogP contribution in [0.2, 0.25) is 0 Å². The minimum absolute atomic E-state index is 0. The molecule has 0 aliphatic heterocycles. The number of guanidine groups is 1. The van der Waals surface area contributed by atoms with E-state index in [9.17, 15) is 9.59 Å². The Hall–Kier alpha value is -2.68. The molecule has 9 heteroatoms. The van der Waals surface area contributed by atoms with Crippen LogP contribution in [0.25, 0.3) is 16.5 Å². The fraction of sp³-hybridized carbons (Fsp3) is 0.0556. The lowest BCUT2D eigenvalue weighted by Gasteiger charge is -2.13. The molecule has 1 aromatic heterocycles. The van der Waals surface area contributed by atoms with Crippen molar-refractivity contribution in [2.45, 2.75) is 6.92 Å². The van der Waals surface area contributed by atoms with Crippen molar-refractivity contribution >= 4 is 51.0 Å².